The van der Waals surface area contributed by atoms with Crippen LogP contribution in [-0.2, 0) is 16.4 Å². The van der Waals surface area contributed by atoms with Crippen LogP contribution in [0, 0.1) is 6.92 Å². The van der Waals surface area contributed by atoms with E-state index in [9.17, 15) is 13.2 Å². The van der Waals surface area contributed by atoms with Crippen LogP contribution in [0.15, 0.2) is 28.0 Å². The topological polar surface area (TPSA) is 120 Å². The lowest BCUT2D eigenvalue weighted by atomic mass is 10.2. The normalized spacial score (nSPS) is 12.9. The van der Waals surface area contributed by atoms with E-state index in [0.717, 1.165) is 6.26 Å². The number of aryl methyl sites for hydroxylation is 1. The van der Waals surface area contributed by atoms with E-state index in [2.05, 4.69) is 25.3 Å². The molecule has 0 saturated heterocycles. The molecule has 0 aliphatic carbocycles. The van der Waals surface area contributed by atoms with Crippen LogP contribution in [0.4, 0.5) is 5.82 Å². The summed E-state index contributed by atoms with van der Waals surface area (Å²) in [6, 6.07) is 2.95. The van der Waals surface area contributed by atoms with Crippen molar-refractivity contribution in [2.75, 3.05) is 11.6 Å². The Morgan fingerprint density at radius 3 is 2.55 bits per heavy atom. The second kappa shape index (κ2) is 8.03. The monoisotopic (exact) mass is 436 g/mol. The summed E-state index contributed by atoms with van der Waals surface area (Å²) in [5.41, 5.74) is 1.68. The Morgan fingerprint density at radius 2 is 1.97 bits per heavy atom. The standard InChI is InChI=1S/C18H21ClN6O3S/c1-5-10(2)25-16-14(11(3)22-18(19)24-16)23-15(17(25)26)21-8-12-6-7-13(9-20-12)29(4,27)28/h6-7,9-10H,5,8H2,1-4H3,(H,21,23)/t10-/m1/s1. The number of hydrogen-bond donors (Lipinski definition) is 1. The number of nitrogens with zero attached hydrogens (tertiary/aromatic N) is 5. The molecule has 0 bridgehead atoms. The molecule has 0 aliphatic heterocycles. The van der Waals surface area contributed by atoms with Gasteiger partial charge in [0.25, 0.3) is 5.56 Å². The molecule has 0 aliphatic rings. The highest BCUT2D eigenvalue weighted by molar-refractivity contribution is 7.90. The van der Waals surface area contributed by atoms with Crippen LogP contribution in [0.5, 0.6) is 0 Å². The lowest BCUT2D eigenvalue weighted by molar-refractivity contribution is 0.526. The van der Waals surface area contributed by atoms with E-state index in [0.29, 0.717) is 29.0 Å². The molecule has 3 rings (SSSR count). The third kappa shape index (κ3) is 4.38. The van der Waals surface area contributed by atoms with Gasteiger partial charge >= 0.3 is 0 Å². The molecule has 9 nitrogen and oxygen atoms in total. The molecule has 0 fully saturated rings. The summed E-state index contributed by atoms with van der Waals surface area (Å²) in [5, 5.41) is 3.06. The fraction of sp³-hybridized carbons (Fsp3) is 0.389. The van der Waals surface area contributed by atoms with Crippen molar-refractivity contribution < 1.29 is 8.42 Å². The number of pyridine rings is 1. The van der Waals surface area contributed by atoms with Gasteiger partial charge in [0, 0.05) is 18.5 Å². The number of halogens is 1. The van der Waals surface area contributed by atoms with Gasteiger partial charge in [0.15, 0.2) is 21.3 Å². The fourth-order valence-electron chi connectivity index (χ4n) is 2.80. The van der Waals surface area contributed by atoms with Crippen molar-refractivity contribution in [2.45, 2.75) is 44.7 Å². The molecule has 0 aromatic carbocycles. The second-order valence-corrected chi connectivity index (χ2v) is 9.11. The minimum Gasteiger partial charge on any atom is -0.360 e. The van der Waals surface area contributed by atoms with Crippen LogP contribution >= 0.6 is 11.6 Å². The van der Waals surface area contributed by atoms with Gasteiger partial charge in [0.2, 0.25) is 5.28 Å². The molecule has 0 saturated carbocycles. The highest BCUT2D eigenvalue weighted by atomic mass is 35.5. The predicted octanol–water partition coefficient (Wildman–Crippen LogP) is 2.53. The van der Waals surface area contributed by atoms with Gasteiger partial charge in [-0.2, -0.15) is 4.98 Å². The van der Waals surface area contributed by atoms with Gasteiger partial charge in [-0.1, -0.05) is 6.92 Å². The number of fused-ring (bicyclic) bond motifs is 1. The van der Waals surface area contributed by atoms with E-state index in [1.165, 1.54) is 12.3 Å². The molecule has 1 atom stereocenters. The number of sulfone groups is 1. The minimum absolute atomic E-state index is 0.0594. The Morgan fingerprint density at radius 1 is 1.24 bits per heavy atom. The van der Waals surface area contributed by atoms with Crippen LogP contribution in [0.25, 0.3) is 11.2 Å². The fourth-order valence-corrected chi connectivity index (χ4v) is 3.57. The predicted molar refractivity (Wildman–Crippen MR) is 111 cm³/mol. The zero-order valence-corrected chi connectivity index (χ0v) is 18.0. The van der Waals surface area contributed by atoms with Crippen molar-refractivity contribution in [3.63, 3.8) is 0 Å². The molecular formula is C18H21ClN6O3S. The Hall–Kier alpha value is -2.59. The third-order valence-electron chi connectivity index (χ3n) is 4.58. The Kier molecular flexibility index (Phi) is 5.85. The first-order chi connectivity index (χ1) is 13.6. The van der Waals surface area contributed by atoms with Crippen molar-refractivity contribution in [3.05, 3.63) is 45.4 Å². The minimum atomic E-state index is -3.32. The van der Waals surface area contributed by atoms with Crippen LogP contribution in [-0.4, -0.2) is 39.2 Å². The van der Waals surface area contributed by atoms with E-state index in [-0.39, 0.29) is 34.1 Å². The maximum absolute atomic E-state index is 13.0. The second-order valence-electron chi connectivity index (χ2n) is 6.75. The van der Waals surface area contributed by atoms with E-state index < -0.39 is 9.84 Å². The Bertz CT molecular complexity index is 1230. The van der Waals surface area contributed by atoms with Gasteiger partial charge in [0.1, 0.15) is 5.52 Å². The van der Waals surface area contributed by atoms with Gasteiger partial charge in [-0.25, -0.2) is 18.4 Å². The van der Waals surface area contributed by atoms with Crippen LogP contribution in [0.2, 0.25) is 5.28 Å². The lowest BCUT2D eigenvalue weighted by Gasteiger charge is -2.17. The summed E-state index contributed by atoms with van der Waals surface area (Å²) in [7, 11) is -3.32. The highest BCUT2D eigenvalue weighted by Gasteiger charge is 2.18. The Labute approximate surface area is 173 Å². The van der Waals surface area contributed by atoms with Crippen molar-refractivity contribution >= 4 is 38.4 Å². The van der Waals surface area contributed by atoms with Crippen LogP contribution in [0.1, 0.15) is 37.7 Å². The average Bonchev–Trinajstić information content (AvgIpc) is 2.65. The average molecular weight is 437 g/mol. The number of nitrogens with one attached hydrogen (secondary N) is 1. The molecule has 3 heterocycles. The first-order valence-electron chi connectivity index (χ1n) is 8.97. The van der Waals surface area contributed by atoms with Gasteiger partial charge in [-0.15, -0.1) is 0 Å². The first kappa shape index (κ1) is 21.1. The van der Waals surface area contributed by atoms with Crippen molar-refractivity contribution in [2.24, 2.45) is 0 Å². The molecule has 0 unspecified atom stereocenters. The molecule has 29 heavy (non-hydrogen) atoms. The molecule has 0 spiro atoms. The van der Waals surface area contributed by atoms with Gasteiger partial charge in [0.05, 0.1) is 22.8 Å². The number of rotatable bonds is 6. The summed E-state index contributed by atoms with van der Waals surface area (Å²) in [6.07, 6.45) is 3.13. The van der Waals surface area contributed by atoms with Crippen molar-refractivity contribution in [1.82, 2.24) is 24.5 Å². The third-order valence-corrected chi connectivity index (χ3v) is 5.85. The summed E-state index contributed by atoms with van der Waals surface area (Å²) in [5.74, 6) is 0.140. The molecule has 11 heteroatoms. The lowest BCUT2D eigenvalue weighted by Crippen LogP contribution is -2.28. The Balaban J connectivity index is 2.01. The molecule has 154 valence electrons. The van der Waals surface area contributed by atoms with Gasteiger partial charge in [-0.3, -0.25) is 14.3 Å². The summed E-state index contributed by atoms with van der Waals surface area (Å²) in [6.45, 7) is 5.84. The van der Waals surface area contributed by atoms with Crippen LogP contribution in [0.3, 0.4) is 0 Å². The van der Waals surface area contributed by atoms with Crippen LogP contribution < -0.4 is 10.9 Å². The smallest absolute Gasteiger partial charge is 0.295 e. The highest BCUT2D eigenvalue weighted by Crippen LogP contribution is 2.20. The molecular weight excluding hydrogens is 416 g/mol. The number of aromatic nitrogens is 5. The van der Waals surface area contributed by atoms with E-state index in [4.69, 9.17) is 11.6 Å². The van der Waals surface area contributed by atoms with Gasteiger partial charge in [-0.05, 0) is 44.0 Å². The zero-order valence-electron chi connectivity index (χ0n) is 16.5. The molecule has 3 aromatic rings. The molecule has 3 aromatic heterocycles. The van der Waals surface area contributed by atoms with E-state index in [1.54, 1.807) is 17.6 Å². The van der Waals surface area contributed by atoms with Crippen molar-refractivity contribution in [1.29, 1.82) is 0 Å². The SMILES string of the molecule is CC[C@@H](C)n1c(=O)c(NCc2ccc(S(C)(=O)=O)cn2)nc2c(C)nc(Cl)nc21. The molecule has 1 N–H and O–H groups in total. The number of anilines is 1. The van der Waals surface area contributed by atoms with E-state index in [1.807, 2.05) is 13.8 Å². The quantitative estimate of drug-likeness (QED) is 0.585. The molecule has 0 radical (unpaired) electrons. The maximum atomic E-state index is 13.0. The first-order valence-corrected chi connectivity index (χ1v) is 11.2. The maximum Gasteiger partial charge on any atom is 0.295 e. The largest absolute Gasteiger partial charge is 0.360 e. The summed E-state index contributed by atoms with van der Waals surface area (Å²) < 4.78 is 24.7. The summed E-state index contributed by atoms with van der Waals surface area (Å²) in [4.78, 5) is 30.1. The van der Waals surface area contributed by atoms with E-state index >= 15 is 0 Å². The zero-order chi connectivity index (χ0) is 21.3. The van der Waals surface area contributed by atoms with Gasteiger partial charge < -0.3 is 5.32 Å². The summed E-state index contributed by atoms with van der Waals surface area (Å²) >= 11 is 5.99. The van der Waals surface area contributed by atoms with Crippen molar-refractivity contribution in [3.8, 4) is 0 Å². The molecule has 0 amide bonds. The number of hydrogen-bond acceptors (Lipinski definition) is 8.